The normalized spacial score (nSPS) is 15.3. The summed E-state index contributed by atoms with van der Waals surface area (Å²) in [6.45, 7) is 0.294. The van der Waals surface area contributed by atoms with E-state index in [1.165, 1.54) is 7.11 Å². The Kier molecular flexibility index (Phi) is 4.27. The van der Waals surface area contributed by atoms with Gasteiger partial charge in [-0.1, -0.05) is 18.2 Å². The van der Waals surface area contributed by atoms with Gasteiger partial charge in [-0.3, -0.25) is 9.59 Å². The molecule has 0 aliphatic heterocycles. The van der Waals surface area contributed by atoms with Crippen LogP contribution in [0.25, 0.3) is 0 Å². The lowest BCUT2D eigenvalue weighted by molar-refractivity contribution is -0.140. The minimum atomic E-state index is -0.497. The van der Waals surface area contributed by atoms with Gasteiger partial charge in [0, 0.05) is 12.1 Å². The number of carbonyl (C=O) groups is 2. The van der Waals surface area contributed by atoms with Crippen LogP contribution in [0, 0.1) is 0 Å². The van der Waals surface area contributed by atoms with Gasteiger partial charge in [0.05, 0.1) is 26.1 Å². The van der Waals surface area contributed by atoms with Gasteiger partial charge in [-0.2, -0.15) is 0 Å². The third kappa shape index (κ3) is 2.76. The summed E-state index contributed by atoms with van der Waals surface area (Å²) in [4.78, 5) is 23.4. The average Bonchev–Trinajstić information content (AvgIpc) is 3.28. The molecule has 2 rings (SSSR count). The van der Waals surface area contributed by atoms with Gasteiger partial charge in [-0.25, -0.2) is 0 Å². The molecule has 0 saturated heterocycles. The van der Waals surface area contributed by atoms with Crippen LogP contribution in [-0.2, 0) is 19.7 Å². The highest BCUT2D eigenvalue weighted by Gasteiger charge is 2.52. The molecule has 0 spiro atoms. The second kappa shape index (κ2) is 5.94. The lowest BCUT2D eigenvalue weighted by Crippen LogP contribution is -2.36. The molecule has 1 aromatic carbocycles. The standard InChI is InChI=1S/C15H19NO4/c1-19-12-6-4-3-5-11(12)15(8-9-15)14(18)16-10-7-13(17)20-2/h3-6H,7-10H2,1-2H3,(H,16,18). The van der Waals surface area contributed by atoms with Gasteiger partial charge in [-0.05, 0) is 18.9 Å². The summed E-state index contributed by atoms with van der Waals surface area (Å²) in [6, 6.07) is 7.57. The molecule has 1 amide bonds. The highest BCUT2D eigenvalue weighted by molar-refractivity contribution is 5.92. The van der Waals surface area contributed by atoms with E-state index in [1.54, 1.807) is 7.11 Å². The Bertz CT molecular complexity index is 508. The van der Waals surface area contributed by atoms with Crippen molar-refractivity contribution in [3.8, 4) is 5.75 Å². The van der Waals surface area contributed by atoms with Crippen LogP contribution in [0.4, 0.5) is 0 Å². The topological polar surface area (TPSA) is 64.6 Å². The number of benzene rings is 1. The molecule has 20 heavy (non-hydrogen) atoms. The van der Waals surface area contributed by atoms with Crippen LogP contribution in [0.3, 0.4) is 0 Å². The maximum Gasteiger partial charge on any atom is 0.307 e. The van der Waals surface area contributed by atoms with Gasteiger partial charge in [0.2, 0.25) is 5.91 Å². The van der Waals surface area contributed by atoms with Crippen molar-refractivity contribution < 1.29 is 19.1 Å². The van der Waals surface area contributed by atoms with Crippen LogP contribution in [-0.4, -0.2) is 32.6 Å². The minimum Gasteiger partial charge on any atom is -0.496 e. The van der Waals surface area contributed by atoms with Gasteiger partial charge in [0.1, 0.15) is 5.75 Å². The van der Waals surface area contributed by atoms with Crippen LogP contribution in [0.15, 0.2) is 24.3 Å². The van der Waals surface area contributed by atoms with Gasteiger partial charge in [-0.15, -0.1) is 0 Å². The molecule has 0 aromatic heterocycles. The van der Waals surface area contributed by atoms with Crippen molar-refractivity contribution in [1.82, 2.24) is 5.32 Å². The van der Waals surface area contributed by atoms with Crippen LogP contribution < -0.4 is 10.1 Å². The number of ether oxygens (including phenoxy) is 2. The Hall–Kier alpha value is -2.04. The number of hydrogen-bond acceptors (Lipinski definition) is 4. The second-order valence-corrected chi connectivity index (χ2v) is 4.86. The summed E-state index contributed by atoms with van der Waals surface area (Å²) in [6.07, 6.45) is 1.79. The smallest absolute Gasteiger partial charge is 0.307 e. The first kappa shape index (κ1) is 14.4. The number of rotatable bonds is 6. The summed E-state index contributed by atoms with van der Waals surface area (Å²) in [5.74, 6) is 0.353. The molecule has 108 valence electrons. The summed E-state index contributed by atoms with van der Waals surface area (Å²) in [5.41, 5.74) is 0.418. The first-order valence-electron chi connectivity index (χ1n) is 6.62. The summed E-state index contributed by atoms with van der Waals surface area (Å²) < 4.78 is 9.87. The fraction of sp³-hybridized carbons (Fsp3) is 0.467. The first-order valence-corrected chi connectivity index (χ1v) is 6.62. The molecule has 0 atom stereocenters. The maximum atomic E-state index is 12.3. The zero-order valence-corrected chi connectivity index (χ0v) is 11.8. The lowest BCUT2D eigenvalue weighted by Gasteiger charge is -2.18. The molecule has 1 aliphatic carbocycles. The molecule has 1 N–H and O–H groups in total. The summed E-state index contributed by atoms with van der Waals surface area (Å²) >= 11 is 0. The molecule has 1 aliphatic rings. The monoisotopic (exact) mass is 277 g/mol. The summed E-state index contributed by atoms with van der Waals surface area (Å²) in [7, 11) is 2.94. The molecule has 0 unspecified atom stereocenters. The van der Waals surface area contributed by atoms with Crippen molar-refractivity contribution in [1.29, 1.82) is 0 Å². The quantitative estimate of drug-likeness (QED) is 0.798. The van der Waals surface area contributed by atoms with Gasteiger partial charge in [0.25, 0.3) is 0 Å². The third-order valence-corrected chi connectivity index (χ3v) is 3.65. The number of para-hydroxylation sites is 1. The molecule has 0 radical (unpaired) electrons. The van der Waals surface area contributed by atoms with Crippen molar-refractivity contribution in [2.75, 3.05) is 20.8 Å². The Morgan fingerprint density at radius 3 is 2.55 bits per heavy atom. The Morgan fingerprint density at radius 2 is 1.95 bits per heavy atom. The number of methoxy groups -OCH3 is 2. The maximum absolute atomic E-state index is 12.3. The molecular weight excluding hydrogens is 258 g/mol. The molecule has 1 fully saturated rings. The van der Waals surface area contributed by atoms with Crippen molar-refractivity contribution >= 4 is 11.9 Å². The highest BCUT2D eigenvalue weighted by atomic mass is 16.5. The Labute approximate surface area is 118 Å². The zero-order valence-electron chi connectivity index (χ0n) is 11.8. The van der Waals surface area contributed by atoms with Gasteiger partial charge >= 0.3 is 5.97 Å². The fourth-order valence-electron chi connectivity index (χ4n) is 2.33. The second-order valence-electron chi connectivity index (χ2n) is 4.86. The molecule has 0 heterocycles. The predicted octanol–water partition coefficient (Wildman–Crippen LogP) is 1.41. The predicted molar refractivity (Wildman–Crippen MR) is 73.5 cm³/mol. The van der Waals surface area contributed by atoms with E-state index in [-0.39, 0.29) is 18.3 Å². The Morgan fingerprint density at radius 1 is 1.25 bits per heavy atom. The van der Waals surface area contributed by atoms with Crippen LogP contribution in [0.2, 0.25) is 0 Å². The highest BCUT2D eigenvalue weighted by Crippen LogP contribution is 2.51. The minimum absolute atomic E-state index is 0.0501. The lowest BCUT2D eigenvalue weighted by atomic mass is 9.94. The van der Waals surface area contributed by atoms with E-state index in [9.17, 15) is 9.59 Å². The van der Waals surface area contributed by atoms with E-state index in [1.807, 2.05) is 24.3 Å². The number of esters is 1. The molecular formula is C15H19NO4. The third-order valence-electron chi connectivity index (χ3n) is 3.65. The first-order chi connectivity index (χ1) is 9.64. The van der Waals surface area contributed by atoms with Crippen LogP contribution >= 0.6 is 0 Å². The van der Waals surface area contributed by atoms with Crippen LogP contribution in [0.5, 0.6) is 5.75 Å². The summed E-state index contributed by atoms with van der Waals surface area (Å²) in [5, 5.41) is 2.81. The van der Waals surface area contributed by atoms with E-state index in [2.05, 4.69) is 10.1 Å². The fourth-order valence-corrected chi connectivity index (χ4v) is 2.33. The van der Waals surface area contributed by atoms with Crippen LogP contribution in [0.1, 0.15) is 24.8 Å². The molecule has 5 heteroatoms. The van der Waals surface area contributed by atoms with E-state index >= 15 is 0 Å². The van der Waals surface area contributed by atoms with Gasteiger partial charge in [0.15, 0.2) is 0 Å². The number of hydrogen-bond donors (Lipinski definition) is 1. The van der Waals surface area contributed by atoms with Crippen molar-refractivity contribution in [2.45, 2.75) is 24.7 Å². The molecule has 0 bridgehead atoms. The Balaban J connectivity index is 2.03. The SMILES string of the molecule is COC(=O)CCNC(=O)C1(c2ccccc2OC)CC1. The average molecular weight is 277 g/mol. The number of amides is 1. The van der Waals surface area contributed by atoms with Gasteiger partial charge < -0.3 is 14.8 Å². The van der Waals surface area contributed by atoms with E-state index in [0.29, 0.717) is 6.54 Å². The molecule has 1 aromatic rings. The van der Waals surface area contributed by atoms with E-state index < -0.39 is 5.41 Å². The molecule has 5 nitrogen and oxygen atoms in total. The largest absolute Gasteiger partial charge is 0.496 e. The van der Waals surface area contributed by atoms with E-state index in [0.717, 1.165) is 24.2 Å². The van der Waals surface area contributed by atoms with Crippen molar-refractivity contribution in [2.24, 2.45) is 0 Å². The number of carbonyl (C=O) groups excluding carboxylic acids is 2. The zero-order chi connectivity index (χ0) is 14.6. The molecule has 1 saturated carbocycles. The van der Waals surface area contributed by atoms with E-state index in [4.69, 9.17) is 4.74 Å². The number of nitrogens with one attached hydrogen (secondary N) is 1. The van der Waals surface area contributed by atoms with Crippen molar-refractivity contribution in [3.05, 3.63) is 29.8 Å². The van der Waals surface area contributed by atoms with Crippen molar-refractivity contribution in [3.63, 3.8) is 0 Å².